The van der Waals surface area contributed by atoms with Gasteiger partial charge in [0.25, 0.3) is 0 Å². The third-order valence-electron chi connectivity index (χ3n) is 6.45. The van der Waals surface area contributed by atoms with Crippen LogP contribution in [0.15, 0.2) is 30.7 Å². The summed E-state index contributed by atoms with van der Waals surface area (Å²) in [7, 11) is 4.00. The molecule has 8 nitrogen and oxygen atoms in total. The smallest absolute Gasteiger partial charge is 0.249 e. The monoisotopic (exact) mass is 419 g/mol. The molecule has 5 rings (SSSR count). The van der Waals surface area contributed by atoms with Gasteiger partial charge in [-0.15, -0.1) is 0 Å². The number of imidazole rings is 1. The zero-order chi connectivity index (χ0) is 21.4. The summed E-state index contributed by atoms with van der Waals surface area (Å²) in [6.45, 7) is 1.21. The number of nitrogens with zero attached hydrogens (tertiary/aromatic N) is 4. The van der Waals surface area contributed by atoms with Crippen LogP contribution in [0.3, 0.4) is 0 Å². The molecule has 4 heterocycles. The maximum absolute atomic E-state index is 13.1. The minimum absolute atomic E-state index is 0.0496. The van der Waals surface area contributed by atoms with Crippen LogP contribution in [0.25, 0.3) is 11.6 Å². The van der Waals surface area contributed by atoms with Crippen molar-refractivity contribution in [2.45, 2.75) is 44.2 Å². The van der Waals surface area contributed by atoms with Crippen molar-refractivity contribution in [2.75, 3.05) is 13.6 Å². The van der Waals surface area contributed by atoms with E-state index in [-0.39, 0.29) is 5.91 Å². The Morgan fingerprint density at radius 3 is 2.90 bits per heavy atom. The van der Waals surface area contributed by atoms with E-state index in [1.54, 1.807) is 6.20 Å². The lowest BCUT2D eigenvalue weighted by atomic mass is 10.1. The summed E-state index contributed by atoms with van der Waals surface area (Å²) in [6.07, 6.45) is 12.5. The molecule has 0 saturated heterocycles. The van der Waals surface area contributed by atoms with Crippen molar-refractivity contribution in [3.8, 4) is 0 Å². The number of hydrazine groups is 1. The molecule has 3 N–H and O–H groups in total. The second kappa shape index (κ2) is 8.19. The van der Waals surface area contributed by atoms with Crippen LogP contribution in [0.1, 0.15) is 66.1 Å². The lowest BCUT2D eigenvalue weighted by Crippen LogP contribution is -2.37. The molecule has 3 aliphatic rings. The van der Waals surface area contributed by atoms with Crippen LogP contribution in [-0.4, -0.2) is 39.0 Å². The standard InChI is InChI=1S/C23H29N7O/c1-29-14-17(13-27-29)19-11-15(7-9-24-19)12-26-23(31)20-21-18(8-10-25-20)28-22(30(21)2)16-5-3-4-6-16/h7-11,14,16,20,25,27H,3-6,12-13H2,1-2H3,(H,26,31). The quantitative estimate of drug-likeness (QED) is 0.689. The molecular formula is C23H29N7O. The number of carbonyl (C=O) groups excluding carboxylic acids is 1. The Morgan fingerprint density at radius 2 is 2.13 bits per heavy atom. The number of fused-ring (bicyclic) bond motifs is 1. The fourth-order valence-electron chi connectivity index (χ4n) is 4.81. The molecule has 1 fully saturated rings. The Bertz CT molecular complexity index is 1050. The van der Waals surface area contributed by atoms with Gasteiger partial charge in [0.1, 0.15) is 11.9 Å². The maximum atomic E-state index is 13.1. The second-order valence-corrected chi connectivity index (χ2v) is 8.58. The van der Waals surface area contributed by atoms with Crippen molar-refractivity contribution in [2.24, 2.45) is 7.05 Å². The Hall–Kier alpha value is -3.13. The molecule has 0 aromatic carbocycles. The van der Waals surface area contributed by atoms with E-state index in [2.05, 4.69) is 25.6 Å². The number of carbonyl (C=O) groups is 1. The highest BCUT2D eigenvalue weighted by Gasteiger charge is 2.32. The number of nitrogens with one attached hydrogen (secondary N) is 3. The van der Waals surface area contributed by atoms with Crippen LogP contribution in [0.4, 0.5) is 0 Å². The Labute approximate surface area is 182 Å². The first-order chi connectivity index (χ1) is 15.1. The van der Waals surface area contributed by atoms with Gasteiger partial charge >= 0.3 is 0 Å². The van der Waals surface area contributed by atoms with Crippen LogP contribution in [0, 0.1) is 0 Å². The van der Waals surface area contributed by atoms with Crippen molar-refractivity contribution in [3.63, 3.8) is 0 Å². The first kappa shape index (κ1) is 19.8. The largest absolute Gasteiger partial charge is 0.375 e. The molecule has 31 heavy (non-hydrogen) atoms. The van der Waals surface area contributed by atoms with Gasteiger partial charge in [0.15, 0.2) is 0 Å². The molecule has 1 amide bonds. The summed E-state index contributed by atoms with van der Waals surface area (Å²) in [6, 6.07) is 3.54. The van der Waals surface area contributed by atoms with Gasteiger partial charge in [0.2, 0.25) is 5.91 Å². The van der Waals surface area contributed by atoms with Crippen molar-refractivity contribution in [1.29, 1.82) is 0 Å². The molecule has 1 atom stereocenters. The molecule has 1 aliphatic carbocycles. The minimum Gasteiger partial charge on any atom is -0.375 e. The molecular weight excluding hydrogens is 390 g/mol. The molecule has 2 aromatic heterocycles. The molecule has 1 unspecified atom stereocenters. The number of aromatic nitrogens is 3. The van der Waals surface area contributed by atoms with Gasteiger partial charge in [-0.3, -0.25) is 9.78 Å². The van der Waals surface area contributed by atoms with Gasteiger partial charge in [-0.1, -0.05) is 12.8 Å². The van der Waals surface area contributed by atoms with Gasteiger partial charge in [-0.2, -0.15) is 0 Å². The fourth-order valence-corrected chi connectivity index (χ4v) is 4.81. The average Bonchev–Trinajstić information content (AvgIpc) is 3.53. The molecule has 0 bridgehead atoms. The van der Waals surface area contributed by atoms with Crippen molar-refractivity contribution < 1.29 is 4.79 Å². The van der Waals surface area contributed by atoms with Crippen molar-refractivity contribution >= 4 is 17.6 Å². The molecule has 1 saturated carbocycles. The average molecular weight is 420 g/mol. The van der Waals surface area contributed by atoms with E-state index < -0.39 is 6.04 Å². The number of hydrogen-bond donors (Lipinski definition) is 3. The van der Waals surface area contributed by atoms with Gasteiger partial charge in [0, 0.05) is 51.1 Å². The first-order valence-electron chi connectivity index (χ1n) is 11.0. The van der Waals surface area contributed by atoms with Crippen LogP contribution in [0.2, 0.25) is 0 Å². The molecule has 0 radical (unpaired) electrons. The van der Waals surface area contributed by atoms with E-state index in [0.717, 1.165) is 40.6 Å². The van der Waals surface area contributed by atoms with E-state index >= 15 is 0 Å². The summed E-state index contributed by atoms with van der Waals surface area (Å²) in [5.41, 5.74) is 8.16. The van der Waals surface area contributed by atoms with Crippen LogP contribution in [-0.2, 0) is 18.4 Å². The number of pyridine rings is 1. The van der Waals surface area contributed by atoms with Crippen LogP contribution < -0.4 is 16.1 Å². The van der Waals surface area contributed by atoms with E-state index in [0.29, 0.717) is 12.5 Å². The number of rotatable bonds is 5. The fraction of sp³-hybridized carbons (Fsp3) is 0.435. The minimum atomic E-state index is -0.440. The highest BCUT2D eigenvalue weighted by Crippen LogP contribution is 2.36. The summed E-state index contributed by atoms with van der Waals surface area (Å²) in [5, 5.41) is 8.25. The zero-order valence-electron chi connectivity index (χ0n) is 18.1. The Balaban J connectivity index is 1.30. The van der Waals surface area contributed by atoms with E-state index in [9.17, 15) is 4.79 Å². The summed E-state index contributed by atoms with van der Waals surface area (Å²) < 4.78 is 2.13. The SMILES string of the molecule is CN1C=C(c2cc(CNC(=O)C3NC=Cc4nc(C5CCCC5)n(C)c43)ccn2)CN1. The molecule has 162 valence electrons. The van der Waals surface area contributed by atoms with Gasteiger partial charge in [0.05, 0.1) is 17.1 Å². The highest BCUT2D eigenvalue weighted by atomic mass is 16.2. The molecule has 2 aromatic rings. The third-order valence-corrected chi connectivity index (χ3v) is 6.45. The van der Waals surface area contributed by atoms with Crippen LogP contribution >= 0.6 is 0 Å². The van der Waals surface area contributed by atoms with Gasteiger partial charge in [-0.05, 0) is 42.8 Å². The normalized spacial score (nSPS) is 20.5. The van der Waals surface area contributed by atoms with Gasteiger partial charge in [-0.25, -0.2) is 10.4 Å². The topological polar surface area (TPSA) is 87.1 Å². The number of amides is 1. The molecule has 0 spiro atoms. The Kier molecular flexibility index (Phi) is 5.23. The summed E-state index contributed by atoms with van der Waals surface area (Å²) in [5.74, 6) is 1.56. The van der Waals surface area contributed by atoms with Crippen molar-refractivity contribution in [1.82, 2.24) is 35.6 Å². The summed E-state index contributed by atoms with van der Waals surface area (Å²) in [4.78, 5) is 22.5. The lowest BCUT2D eigenvalue weighted by Gasteiger charge is -2.22. The van der Waals surface area contributed by atoms with E-state index in [1.807, 2.05) is 49.7 Å². The zero-order valence-corrected chi connectivity index (χ0v) is 18.1. The Morgan fingerprint density at radius 1 is 1.29 bits per heavy atom. The van der Waals surface area contributed by atoms with Crippen LogP contribution in [0.5, 0.6) is 0 Å². The summed E-state index contributed by atoms with van der Waals surface area (Å²) >= 11 is 0. The van der Waals surface area contributed by atoms with E-state index in [1.165, 1.54) is 25.7 Å². The lowest BCUT2D eigenvalue weighted by molar-refractivity contribution is -0.123. The van der Waals surface area contributed by atoms with E-state index in [4.69, 9.17) is 4.98 Å². The predicted molar refractivity (Wildman–Crippen MR) is 119 cm³/mol. The highest BCUT2D eigenvalue weighted by molar-refractivity contribution is 5.85. The predicted octanol–water partition coefficient (Wildman–Crippen LogP) is 2.19. The number of hydrogen-bond acceptors (Lipinski definition) is 6. The van der Waals surface area contributed by atoms with Crippen molar-refractivity contribution in [3.05, 3.63) is 59.2 Å². The molecule has 2 aliphatic heterocycles. The maximum Gasteiger partial charge on any atom is 0.249 e. The second-order valence-electron chi connectivity index (χ2n) is 8.58. The first-order valence-corrected chi connectivity index (χ1v) is 11.0. The molecule has 8 heteroatoms. The third kappa shape index (κ3) is 3.83. The van der Waals surface area contributed by atoms with Gasteiger partial charge < -0.3 is 20.2 Å².